The van der Waals surface area contributed by atoms with Crippen LogP contribution in [0.4, 0.5) is 0 Å². The Balaban J connectivity index is 2.03. The summed E-state index contributed by atoms with van der Waals surface area (Å²) in [5.74, 6) is 0.231. The van der Waals surface area contributed by atoms with Gasteiger partial charge in [0.15, 0.2) is 0 Å². The van der Waals surface area contributed by atoms with E-state index in [2.05, 4.69) is 0 Å². The van der Waals surface area contributed by atoms with Gasteiger partial charge in [-0.25, -0.2) is 0 Å². The summed E-state index contributed by atoms with van der Waals surface area (Å²) >= 11 is 0. The first-order valence-electron chi connectivity index (χ1n) is 3.87. The molecule has 3 rings (SSSR count). The molecule has 3 nitrogen and oxygen atoms in total. The fourth-order valence-electron chi connectivity index (χ4n) is 2.17. The molecule has 0 aromatic rings. The van der Waals surface area contributed by atoms with Gasteiger partial charge in [-0.2, -0.15) is 0 Å². The monoisotopic (exact) mass is 152 g/mol. The molecule has 3 aliphatic rings. The molecule has 4 atom stereocenters. The summed E-state index contributed by atoms with van der Waals surface area (Å²) in [6.45, 7) is 0.551. The Morgan fingerprint density at radius 3 is 3.00 bits per heavy atom. The summed E-state index contributed by atoms with van der Waals surface area (Å²) in [4.78, 5) is 11.1. The van der Waals surface area contributed by atoms with Gasteiger partial charge in [0, 0.05) is 5.92 Å². The third kappa shape index (κ3) is 0.554. The molecular weight excluding hydrogens is 144 g/mol. The van der Waals surface area contributed by atoms with Crippen LogP contribution in [0.2, 0.25) is 0 Å². The van der Waals surface area contributed by atoms with E-state index >= 15 is 0 Å². The van der Waals surface area contributed by atoms with Crippen molar-refractivity contribution in [1.82, 2.24) is 0 Å². The number of carbonyl (C=O) groups is 1. The van der Waals surface area contributed by atoms with E-state index in [4.69, 9.17) is 9.47 Å². The molecule has 11 heavy (non-hydrogen) atoms. The zero-order valence-corrected chi connectivity index (χ0v) is 5.90. The SMILES string of the molecule is O=C1OC[C@H]2[C@@H]1[C@@H]1C=C[C@@H]2O1. The van der Waals surface area contributed by atoms with Gasteiger partial charge in [0.25, 0.3) is 0 Å². The van der Waals surface area contributed by atoms with Gasteiger partial charge >= 0.3 is 5.97 Å². The molecule has 0 amide bonds. The van der Waals surface area contributed by atoms with E-state index in [9.17, 15) is 4.79 Å². The average molecular weight is 152 g/mol. The lowest BCUT2D eigenvalue weighted by atomic mass is 9.86. The summed E-state index contributed by atoms with van der Waals surface area (Å²) < 4.78 is 10.4. The standard InChI is InChI=1S/C8H8O3/c9-8-7-4(3-10-8)5-1-2-6(7)11-5/h1-2,4-7H,3H2/t4-,5+,6+,7-/m1/s1. The van der Waals surface area contributed by atoms with Crippen LogP contribution in [-0.2, 0) is 14.3 Å². The van der Waals surface area contributed by atoms with E-state index in [1.807, 2.05) is 12.2 Å². The minimum absolute atomic E-state index is 0.00463. The minimum atomic E-state index is -0.0770. The molecule has 0 aromatic heterocycles. The van der Waals surface area contributed by atoms with Gasteiger partial charge in [-0.3, -0.25) is 4.79 Å². The van der Waals surface area contributed by atoms with Crippen LogP contribution in [0.25, 0.3) is 0 Å². The number of hydrogen-bond acceptors (Lipinski definition) is 3. The van der Waals surface area contributed by atoms with Crippen molar-refractivity contribution in [2.24, 2.45) is 11.8 Å². The lowest BCUT2D eigenvalue weighted by Crippen LogP contribution is -2.24. The van der Waals surface area contributed by atoms with Gasteiger partial charge in [0.1, 0.15) is 0 Å². The van der Waals surface area contributed by atoms with Crippen molar-refractivity contribution in [3.05, 3.63) is 12.2 Å². The van der Waals surface area contributed by atoms with Crippen molar-refractivity contribution in [2.75, 3.05) is 6.61 Å². The lowest BCUT2D eigenvalue weighted by molar-refractivity contribution is -0.143. The summed E-state index contributed by atoms with van der Waals surface area (Å²) in [7, 11) is 0. The largest absolute Gasteiger partial charge is 0.465 e. The second-order valence-electron chi connectivity index (χ2n) is 3.27. The Bertz CT molecular complexity index is 246. The second-order valence-corrected chi connectivity index (χ2v) is 3.27. The Kier molecular flexibility index (Phi) is 0.874. The number of esters is 1. The van der Waals surface area contributed by atoms with E-state index in [0.29, 0.717) is 12.5 Å². The van der Waals surface area contributed by atoms with E-state index in [1.165, 1.54) is 0 Å². The number of ether oxygens (including phenoxy) is 2. The van der Waals surface area contributed by atoms with E-state index in [1.54, 1.807) is 0 Å². The van der Waals surface area contributed by atoms with Crippen LogP contribution >= 0.6 is 0 Å². The summed E-state index contributed by atoms with van der Waals surface area (Å²) in [5, 5.41) is 0. The lowest BCUT2D eigenvalue weighted by Gasteiger charge is -2.09. The minimum Gasteiger partial charge on any atom is -0.465 e. The van der Waals surface area contributed by atoms with Crippen LogP contribution in [0.1, 0.15) is 0 Å². The van der Waals surface area contributed by atoms with Gasteiger partial charge in [-0.05, 0) is 0 Å². The van der Waals surface area contributed by atoms with Crippen LogP contribution in [-0.4, -0.2) is 24.8 Å². The fraction of sp³-hybridized carbons (Fsp3) is 0.625. The van der Waals surface area contributed by atoms with Gasteiger partial charge in [0.2, 0.25) is 0 Å². The number of cyclic esters (lactones) is 1. The maximum Gasteiger partial charge on any atom is 0.312 e. The highest BCUT2D eigenvalue weighted by molar-refractivity contribution is 5.77. The molecular formula is C8H8O3. The van der Waals surface area contributed by atoms with Crippen LogP contribution in [0.15, 0.2) is 12.2 Å². The molecule has 0 aliphatic carbocycles. The summed E-state index contributed by atoms with van der Waals surface area (Å²) in [6.07, 6.45) is 4.17. The highest BCUT2D eigenvalue weighted by Crippen LogP contribution is 2.42. The Hall–Kier alpha value is -0.830. The van der Waals surface area contributed by atoms with Crippen LogP contribution in [0.5, 0.6) is 0 Å². The summed E-state index contributed by atoms with van der Waals surface area (Å²) in [6, 6.07) is 0. The molecule has 0 N–H and O–H groups in total. The van der Waals surface area contributed by atoms with E-state index in [-0.39, 0.29) is 24.1 Å². The molecule has 3 aliphatic heterocycles. The highest BCUT2D eigenvalue weighted by atomic mass is 16.6. The zero-order chi connectivity index (χ0) is 7.42. The molecule has 58 valence electrons. The van der Waals surface area contributed by atoms with Gasteiger partial charge < -0.3 is 9.47 Å². The number of hydrogen-bond donors (Lipinski definition) is 0. The predicted molar refractivity (Wildman–Crippen MR) is 35.7 cm³/mol. The molecule has 2 bridgehead atoms. The van der Waals surface area contributed by atoms with E-state index in [0.717, 1.165) is 0 Å². The molecule has 3 heterocycles. The van der Waals surface area contributed by atoms with Crippen molar-refractivity contribution >= 4 is 5.97 Å². The maximum atomic E-state index is 11.1. The quantitative estimate of drug-likeness (QED) is 0.365. The summed E-state index contributed by atoms with van der Waals surface area (Å²) in [5.41, 5.74) is 0. The van der Waals surface area contributed by atoms with Gasteiger partial charge in [-0.15, -0.1) is 0 Å². The number of rotatable bonds is 0. The van der Waals surface area contributed by atoms with Gasteiger partial charge in [-0.1, -0.05) is 12.2 Å². The topological polar surface area (TPSA) is 35.5 Å². The van der Waals surface area contributed by atoms with Crippen LogP contribution in [0.3, 0.4) is 0 Å². The molecule has 0 radical (unpaired) electrons. The molecule has 2 saturated heterocycles. The predicted octanol–water partition coefficient (Wildman–Crippen LogP) is 0.113. The maximum absolute atomic E-state index is 11.1. The normalized spacial score (nSPS) is 51.5. The van der Waals surface area contributed by atoms with Crippen molar-refractivity contribution in [3.63, 3.8) is 0 Å². The molecule has 3 heteroatoms. The molecule has 2 fully saturated rings. The van der Waals surface area contributed by atoms with Crippen LogP contribution in [0, 0.1) is 11.8 Å². The zero-order valence-electron chi connectivity index (χ0n) is 5.90. The molecule has 0 saturated carbocycles. The Morgan fingerprint density at radius 2 is 2.18 bits per heavy atom. The average Bonchev–Trinajstić information content (AvgIpc) is 2.60. The Labute approximate surface area is 64.0 Å². The second kappa shape index (κ2) is 1.67. The fourth-order valence-corrected chi connectivity index (χ4v) is 2.17. The Morgan fingerprint density at radius 1 is 1.36 bits per heavy atom. The number of fused-ring (bicyclic) bond motifs is 5. The van der Waals surface area contributed by atoms with Gasteiger partial charge in [0.05, 0.1) is 24.7 Å². The van der Waals surface area contributed by atoms with Crippen molar-refractivity contribution < 1.29 is 14.3 Å². The first kappa shape index (κ1) is 5.77. The van der Waals surface area contributed by atoms with Crippen molar-refractivity contribution in [2.45, 2.75) is 12.2 Å². The highest BCUT2D eigenvalue weighted by Gasteiger charge is 2.54. The molecule has 0 unspecified atom stereocenters. The number of carbonyl (C=O) groups excluding carboxylic acids is 1. The molecule has 0 aromatic carbocycles. The first-order chi connectivity index (χ1) is 5.36. The van der Waals surface area contributed by atoms with Crippen molar-refractivity contribution in [1.29, 1.82) is 0 Å². The first-order valence-corrected chi connectivity index (χ1v) is 3.87. The van der Waals surface area contributed by atoms with Crippen LogP contribution < -0.4 is 0 Å². The molecule has 0 spiro atoms. The third-order valence-corrected chi connectivity index (χ3v) is 2.73. The third-order valence-electron chi connectivity index (χ3n) is 2.73. The van der Waals surface area contributed by atoms with Crippen molar-refractivity contribution in [3.8, 4) is 0 Å². The smallest absolute Gasteiger partial charge is 0.312 e. The van der Waals surface area contributed by atoms with E-state index < -0.39 is 0 Å².